The molecule has 1 aromatic heterocycles. The number of hydrogen-bond donors (Lipinski definition) is 3. The summed E-state index contributed by atoms with van der Waals surface area (Å²) in [6, 6.07) is 8.09. The molecule has 0 saturated heterocycles. The molecule has 4 N–H and O–H groups in total. The molecular formula is C13H13N3. The lowest BCUT2D eigenvalue weighted by Gasteiger charge is -1.96. The molecule has 2 rings (SSSR count). The van der Waals surface area contributed by atoms with E-state index >= 15 is 0 Å². The van der Waals surface area contributed by atoms with Crippen molar-refractivity contribution in [2.45, 2.75) is 0 Å². The lowest BCUT2D eigenvalue weighted by Crippen LogP contribution is -1.85. The van der Waals surface area contributed by atoms with Crippen molar-refractivity contribution >= 4 is 23.2 Å². The number of aromatic nitrogens is 1. The van der Waals surface area contributed by atoms with Crippen LogP contribution in [0.1, 0.15) is 5.56 Å². The molecule has 0 radical (unpaired) electrons. The fourth-order valence-electron chi connectivity index (χ4n) is 1.59. The molecule has 80 valence electrons. The lowest BCUT2D eigenvalue weighted by atomic mass is 10.1. The second kappa shape index (κ2) is 4.49. The van der Waals surface area contributed by atoms with Crippen LogP contribution in [0.3, 0.4) is 0 Å². The van der Waals surface area contributed by atoms with E-state index in [1.165, 1.54) is 17.8 Å². The summed E-state index contributed by atoms with van der Waals surface area (Å²) in [7, 11) is 0. The first-order valence-corrected chi connectivity index (χ1v) is 5.01. The van der Waals surface area contributed by atoms with Crippen LogP contribution in [0.4, 0.5) is 0 Å². The highest BCUT2D eigenvalue weighted by Crippen LogP contribution is 2.18. The van der Waals surface area contributed by atoms with Crippen LogP contribution in [-0.2, 0) is 0 Å². The lowest BCUT2D eigenvalue weighted by molar-refractivity contribution is 1.48. The number of allylic oxidation sites excluding steroid dienone is 2. The van der Waals surface area contributed by atoms with Crippen molar-refractivity contribution < 1.29 is 0 Å². The molecule has 3 nitrogen and oxygen atoms in total. The third kappa shape index (κ3) is 1.88. The summed E-state index contributed by atoms with van der Waals surface area (Å²) >= 11 is 0. The number of nitrogens with two attached hydrogens (primary N) is 1. The Bertz CT molecular complexity index is 561. The first-order valence-electron chi connectivity index (χ1n) is 5.01. The highest BCUT2D eigenvalue weighted by molar-refractivity contribution is 5.90. The Labute approximate surface area is 93.8 Å². The summed E-state index contributed by atoms with van der Waals surface area (Å²) in [4.78, 5) is 3.16. The largest absolute Gasteiger partial charge is 0.404 e. The zero-order chi connectivity index (χ0) is 11.4. The van der Waals surface area contributed by atoms with Crippen molar-refractivity contribution in [3.63, 3.8) is 0 Å². The number of aromatic amines is 1. The number of hydrogen-bond acceptors (Lipinski definition) is 2. The second-order valence-electron chi connectivity index (χ2n) is 3.43. The minimum atomic E-state index is 0.688. The molecule has 0 saturated carbocycles. The highest BCUT2D eigenvalue weighted by atomic mass is 14.7. The van der Waals surface area contributed by atoms with Gasteiger partial charge in [-0.2, -0.15) is 0 Å². The molecule has 1 aromatic carbocycles. The van der Waals surface area contributed by atoms with Gasteiger partial charge in [-0.15, -0.1) is 0 Å². The first kappa shape index (κ1) is 10.2. The van der Waals surface area contributed by atoms with E-state index in [-0.39, 0.29) is 0 Å². The van der Waals surface area contributed by atoms with Gasteiger partial charge in [0.15, 0.2) is 0 Å². The van der Waals surface area contributed by atoms with Crippen molar-refractivity contribution in [3.8, 4) is 0 Å². The number of nitrogens with one attached hydrogen (secondary N) is 2. The van der Waals surface area contributed by atoms with Crippen LogP contribution >= 0.6 is 0 Å². The van der Waals surface area contributed by atoms with Gasteiger partial charge in [0, 0.05) is 35.1 Å². The van der Waals surface area contributed by atoms with Crippen molar-refractivity contribution in [3.05, 3.63) is 53.9 Å². The zero-order valence-electron chi connectivity index (χ0n) is 8.77. The molecule has 3 heteroatoms. The van der Waals surface area contributed by atoms with Gasteiger partial charge in [-0.05, 0) is 17.7 Å². The number of H-pyrrole nitrogens is 1. The van der Waals surface area contributed by atoms with Gasteiger partial charge in [0.1, 0.15) is 0 Å². The van der Waals surface area contributed by atoms with E-state index in [0.717, 1.165) is 11.1 Å². The van der Waals surface area contributed by atoms with Crippen molar-refractivity contribution in [2.75, 3.05) is 0 Å². The van der Waals surface area contributed by atoms with E-state index in [2.05, 4.69) is 4.98 Å². The Morgan fingerprint density at radius 1 is 1.31 bits per heavy atom. The SMILES string of the molecule is N=CC(=C\N)/C=C/c1cccc2[nH]ccc12. The fourth-order valence-corrected chi connectivity index (χ4v) is 1.59. The van der Waals surface area contributed by atoms with Gasteiger partial charge in [0.05, 0.1) is 0 Å². The Balaban J connectivity index is 2.41. The molecule has 0 fully saturated rings. The number of rotatable bonds is 3. The van der Waals surface area contributed by atoms with Crippen LogP contribution in [0.5, 0.6) is 0 Å². The average molecular weight is 211 g/mol. The molecule has 0 bridgehead atoms. The molecule has 0 atom stereocenters. The molecule has 2 aromatic rings. The Morgan fingerprint density at radius 2 is 2.19 bits per heavy atom. The second-order valence-corrected chi connectivity index (χ2v) is 3.43. The summed E-state index contributed by atoms with van der Waals surface area (Å²) in [6.07, 6.45) is 8.35. The van der Waals surface area contributed by atoms with Crippen LogP contribution in [0.25, 0.3) is 17.0 Å². The maximum absolute atomic E-state index is 7.13. The van der Waals surface area contributed by atoms with Crippen molar-refractivity contribution in [1.82, 2.24) is 4.98 Å². The fraction of sp³-hybridized carbons (Fsp3) is 0. The third-order valence-electron chi connectivity index (χ3n) is 2.44. The van der Waals surface area contributed by atoms with Crippen LogP contribution < -0.4 is 5.73 Å². The Hall–Kier alpha value is -2.29. The monoisotopic (exact) mass is 211 g/mol. The maximum Gasteiger partial charge on any atom is 0.0459 e. The van der Waals surface area contributed by atoms with Crippen LogP contribution in [0, 0.1) is 5.41 Å². The summed E-state index contributed by atoms with van der Waals surface area (Å²) in [5.74, 6) is 0. The van der Waals surface area contributed by atoms with Gasteiger partial charge < -0.3 is 16.1 Å². The predicted octanol–water partition coefficient (Wildman–Crippen LogP) is 2.67. The standard InChI is InChI=1S/C13H13N3/c14-8-10(9-15)4-5-11-2-1-3-13-12(11)6-7-16-13/h1-9,14,16H,15H2/b5-4+,10-9-,14-8?. The van der Waals surface area contributed by atoms with Gasteiger partial charge in [0.25, 0.3) is 0 Å². The normalized spacial score (nSPS) is 12.4. The molecule has 0 unspecified atom stereocenters. The topological polar surface area (TPSA) is 65.7 Å². The third-order valence-corrected chi connectivity index (χ3v) is 2.44. The molecule has 1 heterocycles. The summed E-state index contributed by atoms with van der Waals surface area (Å²) in [6.45, 7) is 0. The predicted molar refractivity (Wildman–Crippen MR) is 68.4 cm³/mol. The minimum Gasteiger partial charge on any atom is -0.404 e. The maximum atomic E-state index is 7.13. The zero-order valence-corrected chi connectivity index (χ0v) is 8.77. The Morgan fingerprint density at radius 3 is 2.94 bits per heavy atom. The van der Waals surface area contributed by atoms with E-state index < -0.39 is 0 Å². The summed E-state index contributed by atoms with van der Waals surface area (Å²) < 4.78 is 0. The van der Waals surface area contributed by atoms with Crippen LogP contribution in [-0.4, -0.2) is 11.2 Å². The smallest absolute Gasteiger partial charge is 0.0459 e. The molecule has 16 heavy (non-hydrogen) atoms. The molecule has 0 aliphatic heterocycles. The van der Waals surface area contributed by atoms with Gasteiger partial charge in [-0.25, -0.2) is 0 Å². The van der Waals surface area contributed by atoms with E-state index in [4.69, 9.17) is 11.1 Å². The summed E-state index contributed by atoms with van der Waals surface area (Å²) in [5.41, 5.74) is 8.27. The molecule has 0 aliphatic carbocycles. The highest BCUT2D eigenvalue weighted by Gasteiger charge is 1.97. The van der Waals surface area contributed by atoms with Gasteiger partial charge in [0.2, 0.25) is 0 Å². The Kier molecular flexibility index (Phi) is 2.87. The first-order chi connectivity index (χ1) is 7.85. The average Bonchev–Trinajstić information content (AvgIpc) is 2.79. The van der Waals surface area contributed by atoms with Crippen LogP contribution in [0.15, 0.2) is 48.3 Å². The van der Waals surface area contributed by atoms with Crippen molar-refractivity contribution in [1.29, 1.82) is 5.41 Å². The molecule has 0 spiro atoms. The van der Waals surface area contributed by atoms with Gasteiger partial charge in [-0.3, -0.25) is 0 Å². The number of benzene rings is 1. The van der Waals surface area contributed by atoms with Crippen molar-refractivity contribution in [2.24, 2.45) is 5.73 Å². The van der Waals surface area contributed by atoms with E-state index in [9.17, 15) is 0 Å². The van der Waals surface area contributed by atoms with E-state index in [1.807, 2.05) is 42.6 Å². The molecular weight excluding hydrogens is 198 g/mol. The van der Waals surface area contributed by atoms with Gasteiger partial charge in [-0.1, -0.05) is 24.3 Å². The quantitative estimate of drug-likeness (QED) is 0.530. The van der Waals surface area contributed by atoms with E-state index in [0.29, 0.717) is 5.57 Å². The molecule has 0 amide bonds. The summed E-state index contributed by atoms with van der Waals surface area (Å²) in [5, 5.41) is 8.29. The number of fused-ring (bicyclic) bond motifs is 1. The molecule has 0 aliphatic rings. The van der Waals surface area contributed by atoms with E-state index in [1.54, 1.807) is 0 Å². The van der Waals surface area contributed by atoms with Crippen LogP contribution in [0.2, 0.25) is 0 Å². The van der Waals surface area contributed by atoms with Gasteiger partial charge >= 0.3 is 0 Å². The minimum absolute atomic E-state index is 0.688.